The van der Waals surface area contributed by atoms with Gasteiger partial charge in [0, 0.05) is 36.0 Å². The monoisotopic (exact) mass is 362 g/mol. The molecule has 3 aromatic heterocycles. The molecule has 0 spiro atoms. The standard InChI is InChI=1S/C20H22N6O/c1-13-11-27-9-8-26(13)17-10-16(20(2,3)12-21)24-19(25-17)15-5-7-23-18-14(15)4-6-22-18/h4-7,10,13H,8-9,11H2,1-3H3,(H,22,23). The Hall–Kier alpha value is -2.98. The van der Waals surface area contributed by atoms with E-state index in [1.165, 1.54) is 0 Å². The molecule has 3 aromatic rings. The van der Waals surface area contributed by atoms with Crippen LogP contribution in [-0.4, -0.2) is 45.7 Å². The van der Waals surface area contributed by atoms with Gasteiger partial charge in [-0.05, 0) is 32.9 Å². The van der Waals surface area contributed by atoms with Crippen LogP contribution in [0.3, 0.4) is 0 Å². The lowest BCUT2D eigenvalue weighted by Gasteiger charge is -2.35. The van der Waals surface area contributed by atoms with Crippen molar-refractivity contribution in [3.8, 4) is 17.5 Å². The molecule has 0 radical (unpaired) electrons. The summed E-state index contributed by atoms with van der Waals surface area (Å²) in [5.74, 6) is 1.44. The number of nitriles is 1. The normalized spacial score (nSPS) is 17.9. The molecule has 1 aliphatic rings. The number of rotatable bonds is 3. The van der Waals surface area contributed by atoms with E-state index < -0.39 is 5.41 Å². The Morgan fingerprint density at radius 1 is 1.33 bits per heavy atom. The molecule has 138 valence electrons. The molecular formula is C20H22N6O. The second-order valence-corrected chi connectivity index (χ2v) is 7.39. The van der Waals surface area contributed by atoms with Crippen molar-refractivity contribution >= 4 is 16.9 Å². The maximum absolute atomic E-state index is 9.64. The van der Waals surface area contributed by atoms with Crippen molar-refractivity contribution in [2.45, 2.75) is 32.2 Å². The first-order chi connectivity index (χ1) is 13.0. The quantitative estimate of drug-likeness (QED) is 0.770. The summed E-state index contributed by atoms with van der Waals surface area (Å²) in [5.41, 5.74) is 1.69. The molecular weight excluding hydrogens is 340 g/mol. The highest BCUT2D eigenvalue weighted by atomic mass is 16.5. The molecule has 0 amide bonds. The lowest BCUT2D eigenvalue weighted by molar-refractivity contribution is 0.0985. The minimum absolute atomic E-state index is 0.212. The summed E-state index contributed by atoms with van der Waals surface area (Å²) in [4.78, 5) is 19.3. The highest BCUT2D eigenvalue weighted by Gasteiger charge is 2.27. The summed E-state index contributed by atoms with van der Waals surface area (Å²) in [6.45, 7) is 7.96. The summed E-state index contributed by atoms with van der Waals surface area (Å²) >= 11 is 0. The molecule has 7 nitrogen and oxygen atoms in total. The smallest absolute Gasteiger partial charge is 0.162 e. The summed E-state index contributed by atoms with van der Waals surface area (Å²) < 4.78 is 5.56. The number of fused-ring (bicyclic) bond motifs is 1. The number of hydrogen-bond acceptors (Lipinski definition) is 6. The van der Waals surface area contributed by atoms with Crippen LogP contribution in [0.1, 0.15) is 26.5 Å². The van der Waals surface area contributed by atoms with E-state index in [0.29, 0.717) is 24.7 Å². The van der Waals surface area contributed by atoms with Crippen LogP contribution in [0.4, 0.5) is 5.82 Å². The van der Waals surface area contributed by atoms with Crippen LogP contribution in [0, 0.1) is 11.3 Å². The van der Waals surface area contributed by atoms with Crippen LogP contribution >= 0.6 is 0 Å². The van der Waals surface area contributed by atoms with Gasteiger partial charge in [-0.25, -0.2) is 15.0 Å². The van der Waals surface area contributed by atoms with E-state index in [4.69, 9.17) is 14.7 Å². The lowest BCUT2D eigenvalue weighted by atomic mass is 9.90. The van der Waals surface area contributed by atoms with E-state index in [1.54, 1.807) is 6.20 Å². The number of anilines is 1. The van der Waals surface area contributed by atoms with E-state index in [9.17, 15) is 5.26 Å². The number of aromatic amines is 1. The fourth-order valence-electron chi connectivity index (χ4n) is 3.30. The fraction of sp³-hybridized carbons (Fsp3) is 0.400. The van der Waals surface area contributed by atoms with Gasteiger partial charge in [-0.3, -0.25) is 0 Å². The molecule has 1 aliphatic heterocycles. The zero-order chi connectivity index (χ0) is 19.0. The van der Waals surface area contributed by atoms with Gasteiger partial charge in [0.25, 0.3) is 0 Å². The Kier molecular flexibility index (Phi) is 4.28. The summed E-state index contributed by atoms with van der Waals surface area (Å²) in [6.07, 6.45) is 3.60. The van der Waals surface area contributed by atoms with Gasteiger partial charge in [-0.2, -0.15) is 5.26 Å². The van der Waals surface area contributed by atoms with Crippen molar-refractivity contribution in [3.05, 3.63) is 36.3 Å². The number of pyridine rings is 1. The van der Waals surface area contributed by atoms with Crippen LogP contribution < -0.4 is 4.90 Å². The van der Waals surface area contributed by atoms with Gasteiger partial charge < -0.3 is 14.6 Å². The Bertz CT molecular complexity index is 1020. The van der Waals surface area contributed by atoms with E-state index in [1.807, 2.05) is 38.2 Å². The van der Waals surface area contributed by atoms with Crippen molar-refractivity contribution < 1.29 is 4.74 Å². The number of morpholine rings is 1. The maximum Gasteiger partial charge on any atom is 0.162 e. The molecule has 0 aliphatic carbocycles. The first-order valence-electron chi connectivity index (χ1n) is 9.07. The predicted molar refractivity (Wildman–Crippen MR) is 103 cm³/mol. The summed E-state index contributed by atoms with van der Waals surface area (Å²) in [7, 11) is 0. The van der Waals surface area contributed by atoms with E-state index >= 15 is 0 Å². The van der Waals surface area contributed by atoms with Crippen molar-refractivity contribution in [2.75, 3.05) is 24.7 Å². The average molecular weight is 362 g/mol. The fourth-order valence-corrected chi connectivity index (χ4v) is 3.30. The number of nitrogens with one attached hydrogen (secondary N) is 1. The summed E-state index contributed by atoms with van der Waals surface area (Å²) in [6, 6.07) is 8.39. The summed E-state index contributed by atoms with van der Waals surface area (Å²) in [5, 5.41) is 10.6. The van der Waals surface area contributed by atoms with E-state index in [0.717, 1.165) is 29.0 Å². The molecule has 7 heteroatoms. The van der Waals surface area contributed by atoms with E-state index in [2.05, 4.69) is 27.9 Å². The second kappa shape index (κ2) is 6.63. The SMILES string of the molecule is CC1COCCN1c1cc(C(C)(C)C#N)nc(-c2ccnc3[nH]ccc23)n1. The molecule has 0 saturated carbocycles. The Morgan fingerprint density at radius 2 is 2.19 bits per heavy atom. The third kappa shape index (κ3) is 3.13. The van der Waals surface area contributed by atoms with Gasteiger partial charge in [-0.15, -0.1) is 0 Å². The van der Waals surface area contributed by atoms with Gasteiger partial charge in [0.2, 0.25) is 0 Å². The van der Waals surface area contributed by atoms with Crippen LogP contribution in [0.5, 0.6) is 0 Å². The van der Waals surface area contributed by atoms with Crippen molar-refractivity contribution in [3.63, 3.8) is 0 Å². The third-order valence-corrected chi connectivity index (χ3v) is 5.00. The molecule has 0 bridgehead atoms. The van der Waals surface area contributed by atoms with Gasteiger partial charge in [0.15, 0.2) is 5.82 Å². The Balaban J connectivity index is 1.91. The maximum atomic E-state index is 9.64. The first-order valence-corrected chi connectivity index (χ1v) is 9.07. The topological polar surface area (TPSA) is 90.7 Å². The number of hydrogen-bond donors (Lipinski definition) is 1. The average Bonchev–Trinajstić information content (AvgIpc) is 3.17. The highest BCUT2D eigenvalue weighted by molar-refractivity contribution is 5.91. The molecule has 1 saturated heterocycles. The second-order valence-electron chi connectivity index (χ2n) is 7.39. The van der Waals surface area contributed by atoms with Crippen LogP contribution in [-0.2, 0) is 10.2 Å². The van der Waals surface area contributed by atoms with Gasteiger partial charge >= 0.3 is 0 Å². The van der Waals surface area contributed by atoms with Crippen LogP contribution in [0.15, 0.2) is 30.6 Å². The van der Waals surface area contributed by atoms with Gasteiger partial charge in [-0.1, -0.05) is 0 Å². The Labute approximate surface area is 158 Å². The van der Waals surface area contributed by atoms with E-state index in [-0.39, 0.29) is 6.04 Å². The third-order valence-electron chi connectivity index (χ3n) is 5.00. The van der Waals surface area contributed by atoms with Crippen molar-refractivity contribution in [1.82, 2.24) is 19.9 Å². The predicted octanol–water partition coefficient (Wildman–Crippen LogP) is 3.05. The molecule has 4 rings (SSSR count). The van der Waals surface area contributed by atoms with Crippen molar-refractivity contribution in [1.29, 1.82) is 5.26 Å². The number of ether oxygens (including phenoxy) is 1. The first kappa shape index (κ1) is 17.4. The van der Waals surface area contributed by atoms with Crippen LogP contribution in [0.2, 0.25) is 0 Å². The zero-order valence-corrected chi connectivity index (χ0v) is 15.7. The highest BCUT2D eigenvalue weighted by Crippen LogP contribution is 2.31. The number of aromatic nitrogens is 4. The van der Waals surface area contributed by atoms with Gasteiger partial charge in [0.05, 0.1) is 36.4 Å². The molecule has 1 N–H and O–H groups in total. The largest absolute Gasteiger partial charge is 0.377 e. The minimum atomic E-state index is -0.716. The minimum Gasteiger partial charge on any atom is -0.377 e. The molecule has 1 unspecified atom stereocenters. The molecule has 1 atom stereocenters. The Morgan fingerprint density at radius 3 is 2.96 bits per heavy atom. The number of H-pyrrole nitrogens is 1. The molecule has 1 fully saturated rings. The molecule has 27 heavy (non-hydrogen) atoms. The van der Waals surface area contributed by atoms with Crippen LogP contribution in [0.25, 0.3) is 22.4 Å². The zero-order valence-electron chi connectivity index (χ0n) is 15.7. The lowest BCUT2D eigenvalue weighted by Crippen LogP contribution is -2.44. The molecule has 0 aromatic carbocycles. The molecule has 4 heterocycles. The number of nitrogens with zero attached hydrogens (tertiary/aromatic N) is 5. The van der Waals surface area contributed by atoms with Gasteiger partial charge in [0.1, 0.15) is 11.5 Å². The van der Waals surface area contributed by atoms with Crippen molar-refractivity contribution in [2.24, 2.45) is 0 Å².